The van der Waals surface area contributed by atoms with Crippen molar-refractivity contribution in [3.8, 4) is 0 Å². The van der Waals surface area contributed by atoms with Crippen LogP contribution in [0.1, 0.15) is 26.7 Å². The van der Waals surface area contributed by atoms with Gasteiger partial charge < -0.3 is 24.3 Å². The van der Waals surface area contributed by atoms with Crippen LogP contribution >= 0.6 is 0 Å². The Morgan fingerprint density at radius 1 is 0.636 bits per heavy atom. The average molecular weight is 669 g/mol. The molecule has 0 aromatic heterocycles. The maximum atomic E-state index is 13.6. The number of carbonyl (C=O) groups is 4. The molecule has 0 aromatic rings. The summed E-state index contributed by atoms with van der Waals surface area (Å²) in [6.45, 7) is 2.60. The SMILES string of the molecule is C=C(C)C(=O)OCCCC(=O)OCC(F)(F)OC(F)(F)C(F)(F)OC(F)(F)OC(F)(F)COC(=O)NCCOC(=O)C(=C)C. The molecule has 0 bridgehead atoms. The highest BCUT2D eigenvalue weighted by Gasteiger charge is 2.69. The molecule has 0 aliphatic rings. The Morgan fingerprint density at radius 2 is 1.09 bits per heavy atom. The summed E-state index contributed by atoms with van der Waals surface area (Å²) in [5.41, 5.74) is -0.0539. The van der Waals surface area contributed by atoms with Crippen molar-refractivity contribution in [3.05, 3.63) is 24.3 Å². The Kier molecular flexibility index (Phi) is 15.1. The highest BCUT2D eigenvalue weighted by molar-refractivity contribution is 5.87. The number of carbonyl (C=O) groups excluding carboxylic acids is 4. The third-order valence-electron chi connectivity index (χ3n) is 3.96. The predicted molar refractivity (Wildman–Crippen MR) is 119 cm³/mol. The Morgan fingerprint density at radius 3 is 1.61 bits per heavy atom. The molecule has 0 spiro atoms. The van der Waals surface area contributed by atoms with Crippen LogP contribution in [-0.4, -0.2) is 87.7 Å². The van der Waals surface area contributed by atoms with Gasteiger partial charge in [0.1, 0.15) is 6.61 Å². The Bertz CT molecular complexity index is 1050. The minimum absolute atomic E-state index is 0.0174. The van der Waals surface area contributed by atoms with Gasteiger partial charge in [-0.2, -0.15) is 35.1 Å². The van der Waals surface area contributed by atoms with Crippen LogP contribution in [0.5, 0.6) is 0 Å². The fraction of sp³-hybridized carbons (Fsp3) is 0.636. The van der Waals surface area contributed by atoms with E-state index < -0.39 is 94.1 Å². The average Bonchev–Trinajstić information content (AvgIpc) is 2.84. The quantitative estimate of drug-likeness (QED) is 0.0496. The van der Waals surface area contributed by atoms with Crippen molar-refractivity contribution in [2.75, 3.05) is 33.0 Å². The first-order valence-electron chi connectivity index (χ1n) is 11.5. The van der Waals surface area contributed by atoms with Crippen molar-refractivity contribution >= 4 is 24.0 Å². The smallest absolute Gasteiger partial charge is 0.462 e. The van der Waals surface area contributed by atoms with Gasteiger partial charge in [0.05, 0.1) is 13.2 Å². The van der Waals surface area contributed by atoms with Crippen LogP contribution in [0.3, 0.4) is 0 Å². The first-order valence-corrected chi connectivity index (χ1v) is 11.5. The van der Waals surface area contributed by atoms with Crippen LogP contribution in [-0.2, 0) is 47.5 Å². The molecule has 0 saturated heterocycles. The molecule has 0 saturated carbocycles. The van der Waals surface area contributed by atoms with Crippen LogP contribution in [0.25, 0.3) is 0 Å². The summed E-state index contributed by atoms with van der Waals surface area (Å²) in [6, 6.07) is 0. The molecule has 0 unspecified atom stereocenters. The van der Waals surface area contributed by atoms with E-state index in [9.17, 15) is 63.1 Å². The molecule has 1 N–H and O–H groups in total. The largest absolute Gasteiger partial charge is 0.495 e. The monoisotopic (exact) mass is 669 g/mol. The molecule has 12 nitrogen and oxygen atoms in total. The van der Waals surface area contributed by atoms with Gasteiger partial charge in [0.15, 0.2) is 13.2 Å². The van der Waals surface area contributed by atoms with Gasteiger partial charge in [-0.1, -0.05) is 13.2 Å². The van der Waals surface area contributed by atoms with Gasteiger partial charge in [0.25, 0.3) is 0 Å². The number of alkyl carbamates (subject to hydrolysis) is 1. The molecule has 0 aliphatic heterocycles. The van der Waals surface area contributed by atoms with Crippen LogP contribution in [0, 0.1) is 0 Å². The van der Waals surface area contributed by atoms with Gasteiger partial charge in [-0.05, 0) is 20.3 Å². The highest BCUT2D eigenvalue weighted by atomic mass is 19.3. The number of halogens is 10. The van der Waals surface area contributed by atoms with Crippen molar-refractivity contribution in [2.24, 2.45) is 0 Å². The van der Waals surface area contributed by atoms with Crippen molar-refractivity contribution in [1.82, 2.24) is 5.32 Å². The molecule has 0 radical (unpaired) electrons. The van der Waals surface area contributed by atoms with Gasteiger partial charge in [-0.15, -0.1) is 8.78 Å². The van der Waals surface area contributed by atoms with Crippen LogP contribution < -0.4 is 5.32 Å². The molecule has 0 atom stereocenters. The van der Waals surface area contributed by atoms with Crippen LogP contribution in [0.4, 0.5) is 48.7 Å². The normalized spacial score (nSPS) is 12.6. The van der Waals surface area contributed by atoms with E-state index in [0.717, 1.165) is 0 Å². The first-order chi connectivity index (χ1) is 19.8. The van der Waals surface area contributed by atoms with Crippen molar-refractivity contribution in [3.63, 3.8) is 0 Å². The summed E-state index contributed by atoms with van der Waals surface area (Å²) in [7, 11) is 0. The molecule has 0 fully saturated rings. The van der Waals surface area contributed by atoms with Crippen LogP contribution in [0.15, 0.2) is 24.3 Å². The molecule has 1 amide bonds. The van der Waals surface area contributed by atoms with E-state index in [1.54, 1.807) is 5.32 Å². The number of ether oxygens (including phenoxy) is 7. The molecule has 0 aliphatic carbocycles. The van der Waals surface area contributed by atoms with E-state index in [0.29, 0.717) is 0 Å². The van der Waals surface area contributed by atoms with Crippen molar-refractivity contribution < 1.29 is 96.2 Å². The summed E-state index contributed by atoms with van der Waals surface area (Å²) in [6.07, 6.45) is -33.6. The molecule has 254 valence electrons. The van der Waals surface area contributed by atoms with E-state index in [1.807, 2.05) is 0 Å². The van der Waals surface area contributed by atoms with E-state index in [4.69, 9.17) is 0 Å². The lowest BCUT2D eigenvalue weighted by Gasteiger charge is -2.31. The zero-order chi connectivity index (χ0) is 34.6. The lowest BCUT2D eigenvalue weighted by molar-refractivity contribution is -0.566. The Hall–Kier alpha value is -3.66. The second-order valence-corrected chi connectivity index (χ2v) is 8.18. The van der Waals surface area contributed by atoms with Crippen molar-refractivity contribution in [2.45, 2.75) is 57.4 Å². The Balaban J connectivity index is 4.89. The lowest BCUT2D eigenvalue weighted by Crippen LogP contribution is -2.54. The Labute approximate surface area is 241 Å². The second kappa shape index (κ2) is 16.4. The van der Waals surface area contributed by atoms with E-state index in [-0.39, 0.29) is 17.6 Å². The number of alkyl halides is 10. The molecule has 22 heteroatoms. The van der Waals surface area contributed by atoms with Crippen molar-refractivity contribution in [1.29, 1.82) is 0 Å². The summed E-state index contributed by atoms with van der Waals surface area (Å²) in [5, 5.41) is 1.70. The summed E-state index contributed by atoms with van der Waals surface area (Å²) in [5.74, 6) is -3.30. The molecule has 0 rings (SSSR count). The minimum Gasteiger partial charge on any atom is -0.462 e. The van der Waals surface area contributed by atoms with E-state index in [2.05, 4.69) is 46.3 Å². The van der Waals surface area contributed by atoms with E-state index >= 15 is 0 Å². The van der Waals surface area contributed by atoms with Gasteiger partial charge in [0, 0.05) is 17.6 Å². The third kappa shape index (κ3) is 16.3. The number of amides is 1. The molecular formula is C22H25F10NO11. The van der Waals surface area contributed by atoms with Crippen LogP contribution in [0.2, 0.25) is 0 Å². The highest BCUT2D eigenvalue weighted by Crippen LogP contribution is 2.44. The second-order valence-electron chi connectivity index (χ2n) is 8.18. The number of esters is 3. The maximum absolute atomic E-state index is 13.6. The standard InChI is InChI=1S/C22H25F10NO11/c1-12(2)15(35)38-8-5-6-14(34)40-10-18(23,24)42-20(27,28)21(29,30)44-22(31,32)43-19(25,26)11-41-17(37)33-7-9-39-16(36)13(3)4/h1,3,5-11H2,2,4H3,(H,33,37). The molecular weight excluding hydrogens is 644 g/mol. The predicted octanol–water partition coefficient (Wildman–Crippen LogP) is 4.25. The minimum atomic E-state index is -6.80. The first kappa shape index (κ1) is 40.3. The number of hydrogen-bond acceptors (Lipinski definition) is 11. The zero-order valence-electron chi connectivity index (χ0n) is 22.6. The fourth-order valence-electron chi connectivity index (χ4n) is 2.07. The molecule has 0 heterocycles. The summed E-state index contributed by atoms with van der Waals surface area (Å²) in [4.78, 5) is 44.9. The van der Waals surface area contributed by atoms with Gasteiger partial charge in [0.2, 0.25) is 0 Å². The molecule has 0 aromatic carbocycles. The maximum Gasteiger partial charge on any atom is 0.495 e. The van der Waals surface area contributed by atoms with Gasteiger partial charge in [-0.25, -0.2) is 28.6 Å². The lowest BCUT2D eigenvalue weighted by atomic mass is 10.3. The number of hydrogen-bond donors (Lipinski definition) is 1. The van der Waals surface area contributed by atoms with Gasteiger partial charge in [-0.3, -0.25) is 4.79 Å². The topological polar surface area (TPSA) is 145 Å². The summed E-state index contributed by atoms with van der Waals surface area (Å²) >= 11 is 0. The number of rotatable bonds is 20. The van der Waals surface area contributed by atoms with E-state index in [1.165, 1.54) is 13.8 Å². The van der Waals surface area contributed by atoms with Gasteiger partial charge >= 0.3 is 54.7 Å². The summed E-state index contributed by atoms with van der Waals surface area (Å²) < 4.78 is 160. The number of nitrogens with one attached hydrogen (secondary N) is 1. The molecule has 44 heavy (non-hydrogen) atoms. The third-order valence-corrected chi connectivity index (χ3v) is 3.96. The zero-order valence-corrected chi connectivity index (χ0v) is 22.6. The fourth-order valence-corrected chi connectivity index (χ4v) is 2.07.